The Labute approximate surface area is 163 Å². The van der Waals surface area contributed by atoms with E-state index in [1.54, 1.807) is 28.4 Å². The molecular formula is C19H17N5OS2. The summed E-state index contributed by atoms with van der Waals surface area (Å²) < 4.78 is 3.64. The van der Waals surface area contributed by atoms with Crippen molar-refractivity contribution in [3.63, 3.8) is 0 Å². The van der Waals surface area contributed by atoms with Crippen LogP contribution in [0.3, 0.4) is 0 Å². The van der Waals surface area contributed by atoms with Crippen LogP contribution in [0.25, 0.3) is 4.96 Å². The summed E-state index contributed by atoms with van der Waals surface area (Å²) in [6, 6.07) is 12.2. The van der Waals surface area contributed by atoms with Crippen LogP contribution >= 0.6 is 23.1 Å². The van der Waals surface area contributed by atoms with Crippen LogP contribution < -0.4 is 5.56 Å². The molecule has 0 amide bonds. The number of hydrogen-bond donors (Lipinski definition) is 0. The Morgan fingerprint density at radius 3 is 2.93 bits per heavy atom. The summed E-state index contributed by atoms with van der Waals surface area (Å²) in [4.78, 5) is 17.4. The van der Waals surface area contributed by atoms with Crippen LogP contribution in [0, 0.1) is 0 Å². The second kappa shape index (κ2) is 6.61. The van der Waals surface area contributed by atoms with Crippen molar-refractivity contribution >= 4 is 28.1 Å². The van der Waals surface area contributed by atoms with Gasteiger partial charge in [0.1, 0.15) is 5.82 Å². The maximum absolute atomic E-state index is 12.1. The van der Waals surface area contributed by atoms with E-state index in [1.807, 2.05) is 18.5 Å². The third-order valence-corrected chi connectivity index (χ3v) is 6.73. The van der Waals surface area contributed by atoms with E-state index >= 15 is 0 Å². The van der Waals surface area contributed by atoms with E-state index in [1.165, 1.54) is 16.9 Å². The van der Waals surface area contributed by atoms with Gasteiger partial charge in [-0.3, -0.25) is 9.20 Å². The van der Waals surface area contributed by atoms with Gasteiger partial charge in [-0.1, -0.05) is 42.1 Å². The number of nitrogens with zero attached hydrogens (tertiary/aromatic N) is 5. The number of thioether (sulfide) groups is 1. The molecule has 8 heteroatoms. The van der Waals surface area contributed by atoms with Crippen LogP contribution in [0.5, 0.6) is 0 Å². The SMILES string of the molecule is Cn1c(SCc2cc(=O)n3ccsc3n2)nnc1[C@@H]1C[C@@H]1c1ccccc1. The highest BCUT2D eigenvalue weighted by Gasteiger charge is 2.42. The fourth-order valence-corrected chi connectivity index (χ4v) is 4.97. The molecule has 0 bridgehead atoms. The van der Waals surface area contributed by atoms with Gasteiger partial charge in [0.25, 0.3) is 5.56 Å². The third-order valence-electron chi connectivity index (χ3n) is 4.92. The standard InChI is InChI=1S/C19H17N5OS2/c1-23-17(15-10-14(15)12-5-3-2-4-6-12)21-22-19(23)27-11-13-9-16(25)24-7-8-26-18(24)20-13/h2-9,14-15H,10-11H2,1H3/t14-,15-/m1/s1. The summed E-state index contributed by atoms with van der Waals surface area (Å²) in [5.41, 5.74) is 2.10. The normalized spacial score (nSPS) is 18.9. The Balaban J connectivity index is 1.31. The first-order valence-corrected chi connectivity index (χ1v) is 10.6. The second-order valence-electron chi connectivity index (χ2n) is 6.69. The summed E-state index contributed by atoms with van der Waals surface area (Å²) in [5.74, 6) is 2.61. The molecule has 136 valence electrons. The molecule has 0 radical (unpaired) electrons. The highest BCUT2D eigenvalue weighted by atomic mass is 32.2. The fourth-order valence-electron chi connectivity index (χ4n) is 3.42. The molecule has 1 aliphatic rings. The molecule has 0 N–H and O–H groups in total. The highest BCUT2D eigenvalue weighted by molar-refractivity contribution is 7.98. The Hall–Kier alpha value is -2.45. The van der Waals surface area contributed by atoms with E-state index < -0.39 is 0 Å². The summed E-state index contributed by atoms with van der Waals surface area (Å²) in [6.07, 6.45) is 2.87. The average molecular weight is 396 g/mol. The molecule has 5 rings (SSSR count). The van der Waals surface area contributed by atoms with Crippen LogP contribution in [0.1, 0.15) is 35.3 Å². The van der Waals surface area contributed by atoms with Gasteiger partial charge in [-0.2, -0.15) is 0 Å². The minimum atomic E-state index is -0.0424. The topological polar surface area (TPSA) is 65.1 Å². The Morgan fingerprint density at radius 2 is 2.07 bits per heavy atom. The van der Waals surface area contributed by atoms with E-state index in [-0.39, 0.29) is 5.56 Å². The average Bonchev–Trinajstić information content (AvgIpc) is 3.16. The lowest BCUT2D eigenvalue weighted by Crippen LogP contribution is -2.12. The molecule has 0 unspecified atom stereocenters. The lowest BCUT2D eigenvalue weighted by Gasteiger charge is -2.04. The van der Waals surface area contributed by atoms with Gasteiger partial charge >= 0.3 is 0 Å². The number of hydrogen-bond acceptors (Lipinski definition) is 6. The zero-order chi connectivity index (χ0) is 18.4. The van der Waals surface area contributed by atoms with Crippen molar-refractivity contribution in [3.8, 4) is 0 Å². The van der Waals surface area contributed by atoms with E-state index in [0.29, 0.717) is 17.6 Å². The minimum absolute atomic E-state index is 0.0424. The fraction of sp³-hybridized carbons (Fsp3) is 0.263. The molecule has 3 aromatic heterocycles. The largest absolute Gasteiger partial charge is 0.309 e. The monoisotopic (exact) mass is 395 g/mol. The van der Waals surface area contributed by atoms with Crippen molar-refractivity contribution in [1.82, 2.24) is 24.1 Å². The Bertz CT molecular complexity index is 1160. The smallest absolute Gasteiger partial charge is 0.258 e. The van der Waals surface area contributed by atoms with Crippen molar-refractivity contribution in [2.45, 2.75) is 29.2 Å². The molecular weight excluding hydrogens is 378 g/mol. The molecule has 3 heterocycles. The molecule has 0 saturated heterocycles. The molecule has 1 fully saturated rings. The quantitative estimate of drug-likeness (QED) is 0.484. The second-order valence-corrected chi connectivity index (χ2v) is 8.50. The van der Waals surface area contributed by atoms with E-state index in [0.717, 1.165) is 28.1 Å². The van der Waals surface area contributed by atoms with E-state index in [4.69, 9.17) is 0 Å². The van der Waals surface area contributed by atoms with Crippen molar-refractivity contribution in [2.75, 3.05) is 0 Å². The zero-order valence-electron chi connectivity index (χ0n) is 14.6. The lowest BCUT2D eigenvalue weighted by molar-refractivity contribution is 0.730. The molecule has 1 aliphatic carbocycles. The molecule has 1 aromatic carbocycles. The molecule has 2 atom stereocenters. The number of thiazole rings is 1. The van der Waals surface area contributed by atoms with Crippen LogP contribution in [-0.4, -0.2) is 24.1 Å². The lowest BCUT2D eigenvalue weighted by atomic mass is 10.1. The van der Waals surface area contributed by atoms with Crippen LogP contribution in [0.4, 0.5) is 0 Å². The van der Waals surface area contributed by atoms with Crippen LogP contribution in [-0.2, 0) is 12.8 Å². The van der Waals surface area contributed by atoms with Crippen molar-refractivity contribution in [1.29, 1.82) is 0 Å². The van der Waals surface area contributed by atoms with Crippen molar-refractivity contribution < 1.29 is 0 Å². The van der Waals surface area contributed by atoms with E-state index in [2.05, 4.69) is 44.0 Å². The highest BCUT2D eigenvalue weighted by Crippen LogP contribution is 2.54. The minimum Gasteiger partial charge on any atom is -0.309 e. The van der Waals surface area contributed by atoms with Gasteiger partial charge in [0, 0.05) is 36.4 Å². The number of aromatic nitrogens is 5. The van der Waals surface area contributed by atoms with Crippen molar-refractivity contribution in [2.24, 2.45) is 7.05 Å². The predicted molar refractivity (Wildman–Crippen MR) is 106 cm³/mol. The number of benzene rings is 1. The van der Waals surface area contributed by atoms with Crippen molar-refractivity contribution in [3.05, 3.63) is 75.4 Å². The number of fused-ring (bicyclic) bond motifs is 1. The van der Waals surface area contributed by atoms with E-state index in [9.17, 15) is 4.79 Å². The molecule has 4 aromatic rings. The number of rotatable bonds is 5. The molecule has 1 saturated carbocycles. The first-order valence-electron chi connectivity index (χ1n) is 8.73. The van der Waals surface area contributed by atoms with Crippen LogP contribution in [0.2, 0.25) is 0 Å². The zero-order valence-corrected chi connectivity index (χ0v) is 16.3. The first kappa shape index (κ1) is 16.7. The summed E-state index contributed by atoms with van der Waals surface area (Å²) in [5, 5.41) is 11.5. The van der Waals surface area contributed by atoms with Gasteiger partial charge in [-0.05, 0) is 17.9 Å². The predicted octanol–water partition coefficient (Wildman–Crippen LogP) is 3.45. The van der Waals surface area contributed by atoms with Gasteiger partial charge in [0.05, 0.1) is 5.69 Å². The van der Waals surface area contributed by atoms with Gasteiger partial charge in [-0.15, -0.1) is 21.5 Å². The molecule has 0 spiro atoms. The summed E-state index contributed by atoms with van der Waals surface area (Å²) in [6.45, 7) is 0. The van der Waals surface area contributed by atoms with Crippen LogP contribution in [0.15, 0.2) is 57.9 Å². The summed E-state index contributed by atoms with van der Waals surface area (Å²) >= 11 is 3.03. The maximum Gasteiger partial charge on any atom is 0.258 e. The maximum atomic E-state index is 12.1. The molecule has 6 nitrogen and oxygen atoms in total. The van der Waals surface area contributed by atoms with Gasteiger partial charge in [0.2, 0.25) is 0 Å². The summed E-state index contributed by atoms with van der Waals surface area (Å²) in [7, 11) is 2.02. The van der Waals surface area contributed by atoms with Gasteiger partial charge in [0.15, 0.2) is 10.1 Å². The van der Waals surface area contributed by atoms with Gasteiger partial charge < -0.3 is 4.57 Å². The first-order chi connectivity index (χ1) is 13.2. The molecule has 27 heavy (non-hydrogen) atoms. The Morgan fingerprint density at radius 1 is 1.22 bits per heavy atom. The van der Waals surface area contributed by atoms with Gasteiger partial charge in [-0.25, -0.2) is 4.98 Å². The molecule has 0 aliphatic heterocycles. The third kappa shape index (κ3) is 3.08. The Kier molecular flexibility index (Phi) is 4.09.